The zero-order chi connectivity index (χ0) is 17.9. The Labute approximate surface area is 152 Å². The van der Waals surface area contributed by atoms with Gasteiger partial charge in [-0.2, -0.15) is 0 Å². The van der Waals surface area contributed by atoms with Crippen molar-refractivity contribution in [1.82, 2.24) is 15.0 Å². The van der Waals surface area contributed by atoms with Crippen molar-refractivity contribution in [2.75, 3.05) is 0 Å². The van der Waals surface area contributed by atoms with E-state index in [1.165, 1.54) is 16.7 Å². The van der Waals surface area contributed by atoms with E-state index in [4.69, 9.17) is 4.74 Å². The lowest BCUT2D eigenvalue weighted by Gasteiger charge is -2.07. The number of rotatable bonds is 5. The Morgan fingerprint density at radius 3 is 2.38 bits per heavy atom. The van der Waals surface area contributed by atoms with Gasteiger partial charge < -0.3 is 9.72 Å². The zero-order valence-electron chi connectivity index (χ0n) is 15.0. The molecule has 0 aliphatic rings. The minimum atomic E-state index is 0.578. The minimum Gasteiger partial charge on any atom is -0.489 e. The molecular formula is C22H21N3O. The maximum absolute atomic E-state index is 5.86. The molecule has 4 rings (SSSR count). The monoisotopic (exact) mass is 343 g/mol. The Balaban J connectivity index is 1.41. The molecule has 0 unspecified atom stereocenters. The first-order valence-electron chi connectivity index (χ1n) is 8.74. The fourth-order valence-corrected chi connectivity index (χ4v) is 2.89. The number of aromatic amines is 1. The van der Waals surface area contributed by atoms with Crippen LogP contribution in [0.5, 0.6) is 5.75 Å². The average molecular weight is 343 g/mol. The molecule has 4 aromatic rings. The first kappa shape index (κ1) is 16.3. The first-order chi connectivity index (χ1) is 12.7. The maximum atomic E-state index is 5.86. The summed E-state index contributed by atoms with van der Waals surface area (Å²) >= 11 is 0. The van der Waals surface area contributed by atoms with Crippen molar-refractivity contribution in [3.63, 3.8) is 0 Å². The van der Waals surface area contributed by atoms with Crippen LogP contribution in [0.2, 0.25) is 0 Å². The number of imidazole rings is 1. The van der Waals surface area contributed by atoms with Gasteiger partial charge in [-0.25, -0.2) is 9.97 Å². The molecule has 2 aromatic carbocycles. The Morgan fingerprint density at radius 1 is 0.885 bits per heavy atom. The third-order valence-electron chi connectivity index (χ3n) is 4.34. The Hall–Kier alpha value is -3.14. The van der Waals surface area contributed by atoms with Crippen LogP contribution in [0.1, 0.15) is 28.1 Å². The van der Waals surface area contributed by atoms with Crippen LogP contribution in [0.3, 0.4) is 0 Å². The van der Waals surface area contributed by atoms with E-state index in [9.17, 15) is 0 Å². The second-order valence-electron chi connectivity index (χ2n) is 6.66. The number of fused-ring (bicyclic) bond motifs is 1. The number of hydrogen-bond donors (Lipinski definition) is 1. The molecule has 130 valence electrons. The summed E-state index contributed by atoms with van der Waals surface area (Å²) < 4.78 is 5.86. The van der Waals surface area contributed by atoms with E-state index in [0.29, 0.717) is 6.61 Å². The SMILES string of the molecule is Cc1ccc(COc2ccc(Cc3nc4ncc(C)cc4[nH]3)cc2)cc1. The van der Waals surface area contributed by atoms with Crippen molar-refractivity contribution in [3.05, 3.63) is 88.9 Å². The third-order valence-corrected chi connectivity index (χ3v) is 4.34. The van der Waals surface area contributed by atoms with E-state index in [1.54, 1.807) is 0 Å². The molecule has 0 aliphatic heterocycles. The van der Waals surface area contributed by atoms with E-state index < -0.39 is 0 Å². The van der Waals surface area contributed by atoms with Gasteiger partial charge in [0, 0.05) is 12.6 Å². The fourth-order valence-electron chi connectivity index (χ4n) is 2.89. The van der Waals surface area contributed by atoms with Crippen molar-refractivity contribution in [3.8, 4) is 5.75 Å². The summed E-state index contributed by atoms with van der Waals surface area (Å²) in [6, 6.07) is 18.6. The van der Waals surface area contributed by atoms with E-state index in [0.717, 1.165) is 34.7 Å². The molecule has 2 heterocycles. The summed E-state index contributed by atoms with van der Waals surface area (Å²) in [7, 11) is 0. The molecule has 0 aliphatic carbocycles. The van der Waals surface area contributed by atoms with Crippen LogP contribution < -0.4 is 4.74 Å². The predicted molar refractivity (Wildman–Crippen MR) is 103 cm³/mol. The first-order valence-corrected chi connectivity index (χ1v) is 8.74. The van der Waals surface area contributed by atoms with Crippen LogP contribution in [-0.2, 0) is 13.0 Å². The van der Waals surface area contributed by atoms with E-state index in [2.05, 4.69) is 64.3 Å². The number of pyridine rings is 1. The minimum absolute atomic E-state index is 0.578. The van der Waals surface area contributed by atoms with Crippen molar-refractivity contribution in [2.45, 2.75) is 26.9 Å². The van der Waals surface area contributed by atoms with E-state index >= 15 is 0 Å². The molecule has 0 radical (unpaired) electrons. The molecular weight excluding hydrogens is 322 g/mol. The lowest BCUT2D eigenvalue weighted by molar-refractivity contribution is 0.306. The second-order valence-corrected chi connectivity index (χ2v) is 6.66. The standard InChI is InChI=1S/C22H21N3O/c1-15-3-5-18(6-4-15)14-26-19-9-7-17(8-10-19)12-21-24-20-11-16(2)13-23-22(20)25-21/h3-11,13H,12,14H2,1-2H3,(H,23,24,25). The Bertz CT molecular complexity index is 1020. The van der Waals surface area contributed by atoms with Gasteiger partial charge in [0.1, 0.15) is 18.2 Å². The molecule has 0 bridgehead atoms. The average Bonchev–Trinajstić information content (AvgIpc) is 3.04. The number of nitrogens with zero attached hydrogens (tertiary/aromatic N) is 2. The maximum Gasteiger partial charge on any atom is 0.177 e. The number of ether oxygens (including phenoxy) is 1. The quantitative estimate of drug-likeness (QED) is 0.569. The van der Waals surface area contributed by atoms with Crippen molar-refractivity contribution < 1.29 is 4.74 Å². The molecule has 0 amide bonds. The molecule has 0 spiro atoms. The topological polar surface area (TPSA) is 50.8 Å². The van der Waals surface area contributed by atoms with Crippen molar-refractivity contribution in [1.29, 1.82) is 0 Å². The summed E-state index contributed by atoms with van der Waals surface area (Å²) in [5.74, 6) is 1.79. The van der Waals surface area contributed by atoms with Gasteiger partial charge in [-0.1, -0.05) is 42.0 Å². The van der Waals surface area contributed by atoms with Crippen LogP contribution in [0.15, 0.2) is 60.8 Å². The number of nitrogens with one attached hydrogen (secondary N) is 1. The number of benzene rings is 2. The van der Waals surface area contributed by atoms with Crippen molar-refractivity contribution >= 4 is 11.2 Å². The third kappa shape index (κ3) is 3.75. The van der Waals surface area contributed by atoms with Crippen LogP contribution in [0, 0.1) is 13.8 Å². The second kappa shape index (κ2) is 7.00. The van der Waals surface area contributed by atoms with Gasteiger partial charge in [0.15, 0.2) is 5.65 Å². The summed E-state index contributed by atoms with van der Waals surface area (Å²) in [5.41, 5.74) is 6.49. The molecule has 2 aromatic heterocycles. The molecule has 4 nitrogen and oxygen atoms in total. The van der Waals surface area contributed by atoms with E-state index in [1.807, 2.05) is 25.3 Å². The highest BCUT2D eigenvalue weighted by molar-refractivity contribution is 5.71. The molecule has 4 heteroatoms. The Morgan fingerprint density at radius 2 is 1.62 bits per heavy atom. The normalized spacial score (nSPS) is 11.0. The molecule has 1 N–H and O–H groups in total. The largest absolute Gasteiger partial charge is 0.489 e. The zero-order valence-corrected chi connectivity index (χ0v) is 15.0. The van der Waals surface area contributed by atoms with Gasteiger partial charge in [-0.05, 0) is 48.7 Å². The van der Waals surface area contributed by atoms with Crippen molar-refractivity contribution in [2.24, 2.45) is 0 Å². The molecule has 0 fully saturated rings. The highest BCUT2D eigenvalue weighted by Gasteiger charge is 2.05. The highest BCUT2D eigenvalue weighted by Crippen LogP contribution is 2.17. The summed E-state index contributed by atoms with van der Waals surface area (Å²) in [4.78, 5) is 12.3. The van der Waals surface area contributed by atoms with Crippen LogP contribution in [0.4, 0.5) is 0 Å². The Kier molecular flexibility index (Phi) is 4.40. The van der Waals surface area contributed by atoms with Gasteiger partial charge in [0.25, 0.3) is 0 Å². The number of aromatic nitrogens is 3. The fraction of sp³-hybridized carbons (Fsp3) is 0.182. The van der Waals surface area contributed by atoms with Gasteiger partial charge in [-0.15, -0.1) is 0 Å². The van der Waals surface area contributed by atoms with Gasteiger partial charge in [0.2, 0.25) is 0 Å². The van der Waals surface area contributed by atoms with Crippen LogP contribution in [-0.4, -0.2) is 15.0 Å². The van der Waals surface area contributed by atoms with Crippen LogP contribution >= 0.6 is 0 Å². The van der Waals surface area contributed by atoms with Gasteiger partial charge in [-0.3, -0.25) is 0 Å². The van der Waals surface area contributed by atoms with Gasteiger partial charge >= 0.3 is 0 Å². The highest BCUT2D eigenvalue weighted by atomic mass is 16.5. The molecule has 0 saturated carbocycles. The smallest absolute Gasteiger partial charge is 0.177 e. The summed E-state index contributed by atoms with van der Waals surface area (Å²) in [6.45, 7) is 4.69. The molecule has 0 saturated heterocycles. The lowest BCUT2D eigenvalue weighted by Crippen LogP contribution is -1.96. The predicted octanol–water partition coefficient (Wildman–Crippen LogP) is 4.74. The number of H-pyrrole nitrogens is 1. The van der Waals surface area contributed by atoms with Gasteiger partial charge in [0.05, 0.1) is 5.52 Å². The summed E-state index contributed by atoms with van der Waals surface area (Å²) in [6.07, 6.45) is 2.58. The lowest BCUT2D eigenvalue weighted by atomic mass is 10.1. The number of hydrogen-bond acceptors (Lipinski definition) is 3. The molecule has 0 atom stereocenters. The number of aryl methyl sites for hydroxylation is 2. The van der Waals surface area contributed by atoms with E-state index in [-0.39, 0.29) is 0 Å². The molecule has 26 heavy (non-hydrogen) atoms. The summed E-state index contributed by atoms with van der Waals surface area (Å²) in [5, 5.41) is 0. The van der Waals surface area contributed by atoms with Crippen LogP contribution in [0.25, 0.3) is 11.2 Å².